The average Bonchev–Trinajstić information content (AvgIpc) is 3.40. The smallest absolute Gasteiger partial charge is 0.280 e. The van der Waals surface area contributed by atoms with Crippen molar-refractivity contribution in [2.24, 2.45) is 5.16 Å². The van der Waals surface area contributed by atoms with Crippen LogP contribution in [0.2, 0.25) is 0 Å². The fourth-order valence-electron chi connectivity index (χ4n) is 2.70. The van der Waals surface area contributed by atoms with Crippen molar-refractivity contribution in [2.45, 2.75) is 17.4 Å². The number of nitrogens with zero attached hydrogens (tertiary/aromatic N) is 3. The Hall–Kier alpha value is -2.45. The molecule has 1 fully saturated rings. The standard InChI is InChI=1S/C19H24FN5O5S2/c1-25(2)9-8-22-32(27,28)15-5-3-13(4-6-15)17(24-30-14-7-10-29-12-14)18(26)23-19-21-11-16(20)31-19/h3-6,11,14,22H,7-10,12H2,1-2H3,(H,21,23,26)/t14-/m1/s1. The van der Waals surface area contributed by atoms with Crippen molar-refractivity contribution in [3.63, 3.8) is 0 Å². The molecular weight excluding hydrogens is 461 g/mol. The van der Waals surface area contributed by atoms with E-state index in [4.69, 9.17) is 9.57 Å². The van der Waals surface area contributed by atoms with E-state index >= 15 is 0 Å². The molecule has 1 aliphatic heterocycles. The van der Waals surface area contributed by atoms with Gasteiger partial charge >= 0.3 is 0 Å². The second-order valence-corrected chi connectivity index (χ2v) is 9.93. The van der Waals surface area contributed by atoms with Crippen LogP contribution in [0.25, 0.3) is 0 Å². The van der Waals surface area contributed by atoms with Crippen LogP contribution >= 0.6 is 11.3 Å². The van der Waals surface area contributed by atoms with Gasteiger partial charge in [-0.05, 0) is 26.2 Å². The Morgan fingerprint density at radius 2 is 2.12 bits per heavy atom. The van der Waals surface area contributed by atoms with Gasteiger partial charge in [-0.3, -0.25) is 10.1 Å². The van der Waals surface area contributed by atoms with Crippen molar-refractivity contribution in [3.8, 4) is 0 Å². The number of rotatable bonds is 10. The van der Waals surface area contributed by atoms with E-state index < -0.39 is 21.1 Å². The molecule has 0 saturated carbocycles. The normalized spacial score (nSPS) is 17.0. The van der Waals surface area contributed by atoms with Crippen LogP contribution < -0.4 is 10.0 Å². The highest BCUT2D eigenvalue weighted by Crippen LogP contribution is 2.18. The van der Waals surface area contributed by atoms with Crippen molar-refractivity contribution in [2.75, 3.05) is 45.7 Å². The molecule has 1 saturated heterocycles. The molecule has 1 aromatic carbocycles. The zero-order valence-electron chi connectivity index (χ0n) is 17.6. The Bertz CT molecular complexity index is 1050. The van der Waals surface area contributed by atoms with Crippen LogP contribution in [0.5, 0.6) is 0 Å². The van der Waals surface area contributed by atoms with Crippen LogP contribution in [0.1, 0.15) is 12.0 Å². The van der Waals surface area contributed by atoms with Gasteiger partial charge in [0.2, 0.25) is 10.0 Å². The number of oxime groups is 1. The predicted molar refractivity (Wildman–Crippen MR) is 118 cm³/mol. The van der Waals surface area contributed by atoms with Crippen LogP contribution in [-0.2, 0) is 24.4 Å². The van der Waals surface area contributed by atoms with E-state index in [0.29, 0.717) is 43.1 Å². The second kappa shape index (κ2) is 10.9. The van der Waals surface area contributed by atoms with Gasteiger partial charge in [0.15, 0.2) is 22.1 Å². The molecule has 2 N–H and O–H groups in total. The highest BCUT2D eigenvalue weighted by atomic mass is 32.2. The van der Waals surface area contributed by atoms with Crippen molar-refractivity contribution < 1.29 is 27.2 Å². The van der Waals surface area contributed by atoms with E-state index in [9.17, 15) is 17.6 Å². The highest BCUT2D eigenvalue weighted by Gasteiger charge is 2.22. The summed E-state index contributed by atoms with van der Waals surface area (Å²) < 4.78 is 45.9. The van der Waals surface area contributed by atoms with Gasteiger partial charge in [0, 0.05) is 25.1 Å². The van der Waals surface area contributed by atoms with Crippen molar-refractivity contribution in [1.29, 1.82) is 0 Å². The quantitative estimate of drug-likeness (QED) is 0.384. The summed E-state index contributed by atoms with van der Waals surface area (Å²) in [6.07, 6.45) is 1.33. The average molecular weight is 486 g/mol. The Morgan fingerprint density at radius 3 is 2.72 bits per heavy atom. The molecule has 0 unspecified atom stereocenters. The Labute approximate surface area is 189 Å². The fraction of sp³-hybridized carbons (Fsp3) is 0.421. The maximum absolute atomic E-state index is 13.2. The topological polar surface area (TPSA) is 122 Å². The molecule has 0 spiro atoms. The highest BCUT2D eigenvalue weighted by molar-refractivity contribution is 7.89. The van der Waals surface area contributed by atoms with Gasteiger partial charge in [-0.2, -0.15) is 4.39 Å². The summed E-state index contributed by atoms with van der Waals surface area (Å²) in [5, 5.41) is 5.96. The van der Waals surface area contributed by atoms with E-state index in [1.165, 1.54) is 24.3 Å². The number of amides is 1. The Kier molecular flexibility index (Phi) is 8.26. The number of hydrogen-bond donors (Lipinski definition) is 2. The predicted octanol–water partition coefficient (Wildman–Crippen LogP) is 1.27. The third kappa shape index (κ3) is 6.77. The number of carbonyl (C=O) groups excluding carboxylic acids is 1. The molecule has 10 nitrogen and oxygen atoms in total. The van der Waals surface area contributed by atoms with Gasteiger partial charge in [0.25, 0.3) is 5.91 Å². The van der Waals surface area contributed by atoms with Crippen LogP contribution in [0, 0.1) is 5.13 Å². The third-order valence-electron chi connectivity index (χ3n) is 4.38. The van der Waals surface area contributed by atoms with Gasteiger partial charge in [0.1, 0.15) is 0 Å². The molecule has 13 heteroatoms. The first-order valence-corrected chi connectivity index (χ1v) is 12.0. The maximum Gasteiger partial charge on any atom is 0.280 e. The van der Waals surface area contributed by atoms with Gasteiger partial charge in [-0.15, -0.1) is 0 Å². The number of ether oxygens (including phenoxy) is 1. The van der Waals surface area contributed by atoms with E-state index in [2.05, 4.69) is 20.2 Å². The molecule has 1 atom stereocenters. The summed E-state index contributed by atoms with van der Waals surface area (Å²) in [6, 6.07) is 5.65. The molecule has 0 bridgehead atoms. The molecule has 0 aliphatic carbocycles. The van der Waals surface area contributed by atoms with Crippen LogP contribution in [-0.4, -0.2) is 76.4 Å². The molecule has 3 rings (SSSR count). The zero-order valence-corrected chi connectivity index (χ0v) is 19.2. The number of thiazole rings is 1. The van der Waals surface area contributed by atoms with Crippen molar-refractivity contribution in [3.05, 3.63) is 41.2 Å². The Balaban J connectivity index is 1.78. The van der Waals surface area contributed by atoms with Crippen LogP contribution in [0.15, 0.2) is 40.5 Å². The van der Waals surface area contributed by atoms with Gasteiger partial charge in [-0.25, -0.2) is 18.1 Å². The molecule has 2 heterocycles. The monoisotopic (exact) mass is 485 g/mol. The van der Waals surface area contributed by atoms with Gasteiger partial charge in [0.05, 0.1) is 24.3 Å². The molecule has 32 heavy (non-hydrogen) atoms. The lowest BCUT2D eigenvalue weighted by Gasteiger charge is -2.12. The number of hydrogen-bond acceptors (Lipinski definition) is 9. The third-order valence-corrected chi connectivity index (χ3v) is 6.56. The first-order chi connectivity index (χ1) is 15.2. The van der Waals surface area contributed by atoms with Crippen molar-refractivity contribution >= 4 is 38.1 Å². The first kappa shape index (κ1) is 24.2. The summed E-state index contributed by atoms with van der Waals surface area (Å²) in [5.74, 6) is -0.669. The van der Waals surface area contributed by atoms with Crippen molar-refractivity contribution in [1.82, 2.24) is 14.6 Å². The molecule has 1 amide bonds. The van der Waals surface area contributed by atoms with E-state index in [0.717, 1.165) is 6.20 Å². The minimum absolute atomic E-state index is 0.0480. The summed E-state index contributed by atoms with van der Waals surface area (Å²) in [6.45, 7) is 1.70. The fourth-order valence-corrected chi connectivity index (χ4v) is 4.26. The van der Waals surface area contributed by atoms with Gasteiger partial charge in [-0.1, -0.05) is 28.6 Å². The lowest BCUT2D eigenvalue weighted by Crippen LogP contribution is -2.31. The molecule has 174 valence electrons. The summed E-state index contributed by atoms with van der Waals surface area (Å²) in [5.41, 5.74) is 0.225. The number of halogens is 1. The molecule has 0 radical (unpaired) electrons. The zero-order chi connectivity index (χ0) is 23.1. The first-order valence-electron chi connectivity index (χ1n) is 9.73. The molecule has 2 aromatic rings. The summed E-state index contributed by atoms with van der Waals surface area (Å²) in [7, 11) is -0.0204. The number of anilines is 1. The summed E-state index contributed by atoms with van der Waals surface area (Å²) in [4.78, 5) is 23.9. The lowest BCUT2D eigenvalue weighted by molar-refractivity contribution is -0.110. The number of sulfonamides is 1. The van der Waals surface area contributed by atoms with Gasteiger partial charge < -0.3 is 14.5 Å². The van der Waals surface area contributed by atoms with E-state index in [1.807, 2.05) is 19.0 Å². The summed E-state index contributed by atoms with van der Waals surface area (Å²) >= 11 is 0.671. The number of nitrogens with one attached hydrogen (secondary N) is 2. The number of aromatic nitrogens is 1. The van der Waals surface area contributed by atoms with Crippen LogP contribution in [0.3, 0.4) is 0 Å². The minimum Gasteiger partial charge on any atom is -0.389 e. The van der Waals surface area contributed by atoms with E-state index in [1.54, 1.807) is 0 Å². The van der Waals surface area contributed by atoms with Crippen LogP contribution in [0.4, 0.5) is 9.52 Å². The Morgan fingerprint density at radius 1 is 1.38 bits per heavy atom. The molecular formula is C19H24FN5O5S2. The number of likely N-dealkylation sites (N-methyl/N-ethyl adjacent to an activating group) is 1. The second-order valence-electron chi connectivity index (χ2n) is 7.18. The van der Waals surface area contributed by atoms with E-state index in [-0.39, 0.29) is 28.4 Å². The number of carbonyl (C=O) groups is 1. The minimum atomic E-state index is -3.70. The molecule has 1 aliphatic rings. The molecule has 1 aromatic heterocycles. The number of benzene rings is 1. The largest absolute Gasteiger partial charge is 0.389 e. The maximum atomic E-state index is 13.2. The SMILES string of the molecule is CN(C)CCNS(=O)(=O)c1ccc(C(=NO[C@@H]2CCOC2)C(=O)Nc2ncc(F)s2)cc1. The lowest BCUT2D eigenvalue weighted by atomic mass is 10.1.